The summed E-state index contributed by atoms with van der Waals surface area (Å²) in [5, 5.41) is 3.87. The predicted octanol–water partition coefficient (Wildman–Crippen LogP) is 6.53. The third-order valence-corrected chi connectivity index (χ3v) is 6.90. The van der Waals surface area contributed by atoms with Crippen molar-refractivity contribution in [1.29, 1.82) is 0 Å². The lowest BCUT2D eigenvalue weighted by Crippen LogP contribution is -2.47. The first kappa shape index (κ1) is 25.5. The molecule has 1 aromatic heterocycles. The van der Waals surface area contributed by atoms with Crippen molar-refractivity contribution in [1.82, 2.24) is 9.97 Å². The van der Waals surface area contributed by atoms with Crippen molar-refractivity contribution in [3.05, 3.63) is 58.6 Å². The molecule has 0 radical (unpaired) electrons. The first-order chi connectivity index (χ1) is 16.6. The van der Waals surface area contributed by atoms with Crippen LogP contribution in [-0.2, 0) is 0 Å². The summed E-state index contributed by atoms with van der Waals surface area (Å²) < 4.78 is 38.1. The molecule has 35 heavy (non-hydrogen) atoms. The number of hydrogen-bond donors (Lipinski definition) is 1. The van der Waals surface area contributed by atoms with Gasteiger partial charge < -0.3 is 20.0 Å². The number of para-hydroxylation sites is 1. The second-order valence-corrected chi connectivity index (χ2v) is 9.97. The molecule has 6 nitrogen and oxygen atoms in total. The molecule has 1 aliphatic rings. The zero-order valence-electron chi connectivity index (χ0n) is 19.0. The molecular formula is C23H23Cl2F3N6S. The van der Waals surface area contributed by atoms with Gasteiger partial charge in [0, 0.05) is 56.9 Å². The average Bonchev–Trinajstić information content (AvgIpc) is 2.80. The number of alkyl halides is 3. The van der Waals surface area contributed by atoms with E-state index in [2.05, 4.69) is 25.1 Å². The summed E-state index contributed by atoms with van der Waals surface area (Å²) in [6.07, 6.45) is 0. The largest absolute Gasteiger partial charge is 0.446 e. The lowest BCUT2D eigenvalue weighted by atomic mass is 10.2. The number of benzene rings is 2. The average molecular weight is 543 g/mol. The summed E-state index contributed by atoms with van der Waals surface area (Å²) in [6.45, 7) is 2.93. The fourth-order valence-electron chi connectivity index (χ4n) is 3.65. The van der Waals surface area contributed by atoms with Gasteiger partial charge in [-0.05, 0) is 42.1 Å². The highest BCUT2D eigenvalue weighted by atomic mass is 35.5. The van der Waals surface area contributed by atoms with Gasteiger partial charge in [0.2, 0.25) is 5.95 Å². The Morgan fingerprint density at radius 3 is 2.23 bits per heavy atom. The van der Waals surface area contributed by atoms with Gasteiger partial charge >= 0.3 is 5.51 Å². The van der Waals surface area contributed by atoms with Gasteiger partial charge in [-0.3, -0.25) is 0 Å². The lowest BCUT2D eigenvalue weighted by Gasteiger charge is -2.36. The molecule has 2 aromatic carbocycles. The summed E-state index contributed by atoms with van der Waals surface area (Å²) >= 11 is 12.2. The Morgan fingerprint density at radius 1 is 0.914 bits per heavy atom. The van der Waals surface area contributed by atoms with Crippen LogP contribution < -0.4 is 20.0 Å². The first-order valence-corrected chi connectivity index (χ1v) is 12.3. The second kappa shape index (κ2) is 10.6. The third-order valence-electron chi connectivity index (χ3n) is 5.34. The maximum absolute atomic E-state index is 12.7. The van der Waals surface area contributed by atoms with E-state index >= 15 is 0 Å². The van der Waals surface area contributed by atoms with Gasteiger partial charge in [0.25, 0.3) is 0 Å². The standard InChI is InChI=1S/C23H23Cl2F3N6S/c1-32(2)21-14-20(29-15-7-8-19(17(25)13-15)35-23(26,27)28)30-22(31-21)34-11-9-33(10-12-34)18-6-4-3-5-16(18)24/h3-8,13-14H,9-12H2,1-2H3,(H,29,30,31). The van der Waals surface area contributed by atoms with Crippen molar-refractivity contribution in [2.45, 2.75) is 10.4 Å². The highest BCUT2D eigenvalue weighted by molar-refractivity contribution is 8.00. The van der Waals surface area contributed by atoms with Gasteiger partial charge in [0.05, 0.1) is 15.7 Å². The molecule has 186 valence electrons. The van der Waals surface area contributed by atoms with Crippen molar-refractivity contribution >= 4 is 63.9 Å². The van der Waals surface area contributed by atoms with Gasteiger partial charge in [0.1, 0.15) is 11.6 Å². The minimum Gasteiger partial charge on any atom is -0.367 e. The summed E-state index contributed by atoms with van der Waals surface area (Å²) in [5.74, 6) is 1.77. The van der Waals surface area contributed by atoms with Crippen molar-refractivity contribution < 1.29 is 13.2 Å². The van der Waals surface area contributed by atoms with E-state index in [-0.39, 0.29) is 21.7 Å². The van der Waals surface area contributed by atoms with Crippen LogP contribution in [0.5, 0.6) is 0 Å². The van der Waals surface area contributed by atoms with Crippen LogP contribution in [0.4, 0.5) is 42.1 Å². The number of piperazine rings is 1. The molecule has 1 N–H and O–H groups in total. The Hall–Kier alpha value is -2.56. The van der Waals surface area contributed by atoms with Crippen LogP contribution in [0.15, 0.2) is 53.4 Å². The van der Waals surface area contributed by atoms with E-state index in [0.29, 0.717) is 36.4 Å². The molecule has 12 heteroatoms. The number of thioether (sulfide) groups is 1. The molecule has 0 aliphatic carbocycles. The van der Waals surface area contributed by atoms with Crippen molar-refractivity contribution in [3.63, 3.8) is 0 Å². The summed E-state index contributed by atoms with van der Waals surface area (Å²) in [7, 11) is 3.76. The Balaban J connectivity index is 1.52. The molecule has 0 atom stereocenters. The van der Waals surface area contributed by atoms with E-state index in [0.717, 1.165) is 23.8 Å². The highest BCUT2D eigenvalue weighted by Gasteiger charge is 2.30. The van der Waals surface area contributed by atoms with Crippen LogP contribution in [0.3, 0.4) is 0 Å². The molecule has 0 saturated carbocycles. The Morgan fingerprint density at radius 2 is 1.60 bits per heavy atom. The molecule has 0 bridgehead atoms. The van der Waals surface area contributed by atoms with E-state index < -0.39 is 5.51 Å². The molecule has 3 aromatic rings. The minimum absolute atomic E-state index is 0.00938. The van der Waals surface area contributed by atoms with Gasteiger partial charge in [-0.25, -0.2) is 0 Å². The van der Waals surface area contributed by atoms with Crippen LogP contribution in [0, 0.1) is 0 Å². The SMILES string of the molecule is CN(C)c1cc(Nc2ccc(SC(F)(F)F)c(Cl)c2)nc(N2CCN(c3ccccc3Cl)CC2)n1. The number of nitrogens with zero attached hydrogens (tertiary/aromatic N) is 5. The van der Waals surface area contributed by atoms with Crippen LogP contribution in [0.2, 0.25) is 10.0 Å². The van der Waals surface area contributed by atoms with Gasteiger partial charge in [-0.2, -0.15) is 23.1 Å². The minimum atomic E-state index is -4.41. The lowest BCUT2D eigenvalue weighted by molar-refractivity contribution is -0.0328. The van der Waals surface area contributed by atoms with Gasteiger partial charge in [0.15, 0.2) is 0 Å². The maximum Gasteiger partial charge on any atom is 0.446 e. The van der Waals surface area contributed by atoms with E-state index in [9.17, 15) is 13.2 Å². The Labute approximate surface area is 216 Å². The summed E-state index contributed by atoms with van der Waals surface area (Å²) in [6, 6.07) is 13.9. The fraction of sp³-hybridized carbons (Fsp3) is 0.304. The molecule has 2 heterocycles. The zero-order chi connectivity index (χ0) is 25.2. The van der Waals surface area contributed by atoms with Crippen molar-refractivity contribution in [2.24, 2.45) is 0 Å². The summed E-state index contributed by atoms with van der Waals surface area (Å²) in [4.78, 5) is 15.5. The molecule has 0 amide bonds. The molecule has 4 rings (SSSR count). The van der Waals surface area contributed by atoms with Gasteiger partial charge in [-0.15, -0.1) is 0 Å². The van der Waals surface area contributed by atoms with E-state index in [1.807, 2.05) is 43.3 Å². The normalized spacial score (nSPS) is 14.3. The zero-order valence-corrected chi connectivity index (χ0v) is 21.3. The Kier molecular flexibility index (Phi) is 7.73. The molecule has 1 fully saturated rings. The van der Waals surface area contributed by atoms with Gasteiger partial charge in [-0.1, -0.05) is 35.3 Å². The second-order valence-electron chi connectivity index (χ2n) is 8.05. The molecule has 1 aliphatic heterocycles. The summed E-state index contributed by atoms with van der Waals surface area (Å²) in [5.41, 5.74) is -2.88. The quantitative estimate of drug-likeness (QED) is 0.355. The number of anilines is 5. The number of rotatable bonds is 6. The van der Waals surface area contributed by atoms with Crippen LogP contribution in [-0.4, -0.2) is 55.8 Å². The smallest absolute Gasteiger partial charge is 0.367 e. The van der Waals surface area contributed by atoms with E-state index in [1.165, 1.54) is 12.1 Å². The molecule has 0 unspecified atom stereocenters. The number of hydrogen-bond acceptors (Lipinski definition) is 7. The number of aromatic nitrogens is 2. The van der Waals surface area contributed by atoms with E-state index in [4.69, 9.17) is 23.2 Å². The van der Waals surface area contributed by atoms with Crippen LogP contribution in [0.25, 0.3) is 0 Å². The third kappa shape index (κ3) is 6.56. The van der Waals surface area contributed by atoms with Crippen molar-refractivity contribution in [2.75, 3.05) is 60.3 Å². The van der Waals surface area contributed by atoms with E-state index in [1.54, 1.807) is 12.1 Å². The molecular weight excluding hydrogens is 520 g/mol. The van der Waals surface area contributed by atoms with Crippen LogP contribution in [0.1, 0.15) is 0 Å². The molecule has 0 spiro atoms. The highest BCUT2D eigenvalue weighted by Crippen LogP contribution is 2.41. The fourth-order valence-corrected chi connectivity index (χ4v) is 4.74. The maximum atomic E-state index is 12.7. The first-order valence-electron chi connectivity index (χ1n) is 10.7. The Bertz CT molecular complexity index is 1190. The number of nitrogens with one attached hydrogen (secondary N) is 1. The topological polar surface area (TPSA) is 47.5 Å². The monoisotopic (exact) mass is 542 g/mol. The van der Waals surface area contributed by atoms with Crippen LogP contribution >= 0.6 is 35.0 Å². The molecule has 1 saturated heterocycles. The predicted molar refractivity (Wildman–Crippen MR) is 139 cm³/mol. The number of halogens is 5. The van der Waals surface area contributed by atoms with Crippen molar-refractivity contribution in [3.8, 4) is 0 Å².